The first kappa shape index (κ1) is 8.33. The molecule has 3 radical (unpaired) electrons. The lowest BCUT2D eigenvalue weighted by Gasteiger charge is -2.09. The minimum atomic E-state index is 1.17. The van der Waals surface area contributed by atoms with Crippen LogP contribution in [0.4, 0.5) is 5.69 Å². The van der Waals surface area contributed by atoms with E-state index in [2.05, 4.69) is 41.5 Å². The normalized spacial score (nSPS) is 9.82. The van der Waals surface area contributed by atoms with Gasteiger partial charge in [-0.25, -0.2) is 0 Å². The van der Waals surface area contributed by atoms with Crippen LogP contribution in [0.2, 0.25) is 0 Å². The quantitative estimate of drug-likeness (QED) is 0.611. The summed E-state index contributed by atoms with van der Waals surface area (Å²) in [5.41, 5.74) is 3.80. The van der Waals surface area contributed by atoms with Crippen LogP contribution in [0.1, 0.15) is 11.1 Å². The van der Waals surface area contributed by atoms with E-state index < -0.39 is 0 Å². The molecule has 1 aromatic rings. The Kier molecular flexibility index (Phi) is 2.34. The van der Waals surface area contributed by atoms with Crippen molar-refractivity contribution in [1.82, 2.24) is 0 Å². The van der Waals surface area contributed by atoms with Crippen molar-refractivity contribution in [1.29, 1.82) is 0 Å². The highest BCUT2D eigenvalue weighted by Crippen LogP contribution is 2.14. The average Bonchev–Trinajstić information content (AvgIpc) is 2.01. The summed E-state index contributed by atoms with van der Waals surface area (Å²) in [6, 6.07) is 4.13. The first-order chi connectivity index (χ1) is 5.16. The molecular formula is C9H12NSi. The van der Waals surface area contributed by atoms with Gasteiger partial charge >= 0.3 is 0 Å². The van der Waals surface area contributed by atoms with E-state index in [-0.39, 0.29) is 0 Å². The molecule has 1 N–H and O–H groups in total. The van der Waals surface area contributed by atoms with Crippen LogP contribution in [0.15, 0.2) is 12.1 Å². The summed E-state index contributed by atoms with van der Waals surface area (Å²) in [6.45, 7) is 4.23. The van der Waals surface area contributed by atoms with Gasteiger partial charge in [-0.1, -0.05) is 11.3 Å². The van der Waals surface area contributed by atoms with E-state index in [9.17, 15) is 0 Å². The van der Waals surface area contributed by atoms with E-state index in [0.717, 1.165) is 0 Å². The number of hydrogen-bond acceptors (Lipinski definition) is 1. The van der Waals surface area contributed by atoms with Gasteiger partial charge in [0.05, 0.1) is 10.2 Å². The minimum Gasteiger partial charge on any atom is -0.388 e. The SMILES string of the molecule is CNc1ccc([Si])c(C)c1C. The van der Waals surface area contributed by atoms with Crippen LogP contribution in [-0.4, -0.2) is 17.3 Å². The molecule has 0 amide bonds. The third kappa shape index (κ3) is 1.45. The van der Waals surface area contributed by atoms with Gasteiger partial charge in [0.2, 0.25) is 0 Å². The fraction of sp³-hybridized carbons (Fsp3) is 0.333. The zero-order valence-electron chi connectivity index (χ0n) is 7.15. The molecule has 0 aromatic heterocycles. The van der Waals surface area contributed by atoms with Crippen LogP contribution in [-0.2, 0) is 0 Å². The van der Waals surface area contributed by atoms with Crippen LogP contribution < -0.4 is 10.5 Å². The molecule has 0 bridgehead atoms. The molecule has 0 atom stereocenters. The lowest BCUT2D eigenvalue weighted by atomic mass is 10.1. The Bertz CT molecular complexity index is 269. The van der Waals surface area contributed by atoms with Gasteiger partial charge in [0.25, 0.3) is 0 Å². The first-order valence-electron chi connectivity index (χ1n) is 3.66. The molecule has 1 aromatic carbocycles. The standard InChI is InChI=1S/C9H12NSi/c1-6-7(2)9(11)5-4-8(6)10-3/h4-5,10H,1-3H3. The largest absolute Gasteiger partial charge is 0.388 e. The molecule has 0 fully saturated rings. The molecule has 11 heavy (non-hydrogen) atoms. The van der Waals surface area contributed by atoms with Crippen molar-refractivity contribution in [3.05, 3.63) is 23.3 Å². The van der Waals surface area contributed by atoms with Gasteiger partial charge in [0.15, 0.2) is 0 Å². The van der Waals surface area contributed by atoms with Crippen LogP contribution in [0.5, 0.6) is 0 Å². The summed E-state index contributed by atoms with van der Waals surface area (Å²) >= 11 is 0. The fourth-order valence-electron chi connectivity index (χ4n) is 1.09. The van der Waals surface area contributed by atoms with Gasteiger partial charge in [-0.15, -0.1) is 0 Å². The summed E-state index contributed by atoms with van der Waals surface area (Å²) in [6.07, 6.45) is 0. The van der Waals surface area contributed by atoms with E-state index in [1.54, 1.807) is 0 Å². The number of rotatable bonds is 1. The Labute approximate surface area is 71.2 Å². The van der Waals surface area contributed by atoms with E-state index in [0.29, 0.717) is 0 Å². The second-order valence-electron chi connectivity index (χ2n) is 2.66. The van der Waals surface area contributed by atoms with Gasteiger partial charge in [-0.3, -0.25) is 0 Å². The van der Waals surface area contributed by atoms with Crippen molar-refractivity contribution < 1.29 is 0 Å². The predicted octanol–water partition coefficient (Wildman–Crippen LogP) is 1.14. The minimum absolute atomic E-state index is 1.17. The molecule has 0 aliphatic heterocycles. The van der Waals surface area contributed by atoms with E-state index in [1.165, 1.54) is 22.0 Å². The average molecular weight is 162 g/mol. The molecule has 57 valence electrons. The maximum absolute atomic E-state index is 3.53. The molecule has 0 saturated heterocycles. The van der Waals surface area contributed by atoms with Crippen LogP contribution in [0, 0.1) is 13.8 Å². The molecule has 1 rings (SSSR count). The smallest absolute Gasteiger partial charge is 0.0715 e. The summed E-state index contributed by atoms with van der Waals surface area (Å²) < 4.78 is 0. The van der Waals surface area contributed by atoms with Crippen molar-refractivity contribution in [2.45, 2.75) is 13.8 Å². The molecular weight excluding hydrogens is 150 g/mol. The van der Waals surface area contributed by atoms with Crippen molar-refractivity contribution in [2.24, 2.45) is 0 Å². The van der Waals surface area contributed by atoms with Gasteiger partial charge in [-0.05, 0) is 31.0 Å². The van der Waals surface area contributed by atoms with E-state index in [4.69, 9.17) is 0 Å². The van der Waals surface area contributed by atoms with Crippen molar-refractivity contribution in [3.63, 3.8) is 0 Å². The molecule has 0 aliphatic rings. The topological polar surface area (TPSA) is 12.0 Å². The number of hydrogen-bond donors (Lipinski definition) is 1. The second kappa shape index (κ2) is 3.09. The summed E-state index contributed by atoms with van der Waals surface area (Å²) in [4.78, 5) is 0. The lowest BCUT2D eigenvalue weighted by molar-refractivity contribution is 1.34. The Morgan fingerprint density at radius 2 is 1.82 bits per heavy atom. The molecule has 0 aliphatic carbocycles. The Hall–Kier alpha value is -0.763. The third-order valence-electron chi connectivity index (χ3n) is 2.06. The second-order valence-corrected chi connectivity index (χ2v) is 3.20. The van der Waals surface area contributed by atoms with E-state index in [1.807, 2.05) is 7.05 Å². The van der Waals surface area contributed by atoms with Crippen LogP contribution >= 0.6 is 0 Å². The van der Waals surface area contributed by atoms with Gasteiger partial charge in [0, 0.05) is 12.7 Å². The summed E-state index contributed by atoms with van der Waals surface area (Å²) in [5, 5.41) is 4.31. The predicted molar refractivity (Wildman–Crippen MR) is 50.9 cm³/mol. The maximum Gasteiger partial charge on any atom is 0.0715 e. The molecule has 1 nitrogen and oxygen atoms in total. The monoisotopic (exact) mass is 162 g/mol. The maximum atomic E-state index is 3.53. The van der Waals surface area contributed by atoms with Gasteiger partial charge in [-0.2, -0.15) is 0 Å². The Morgan fingerprint density at radius 3 is 2.36 bits per heavy atom. The highest BCUT2D eigenvalue weighted by molar-refractivity contribution is 6.33. The molecule has 0 spiro atoms. The summed E-state index contributed by atoms with van der Waals surface area (Å²) in [7, 11) is 5.47. The third-order valence-corrected chi connectivity index (χ3v) is 2.60. The van der Waals surface area contributed by atoms with Crippen molar-refractivity contribution in [3.8, 4) is 0 Å². The Balaban J connectivity index is 3.25. The van der Waals surface area contributed by atoms with Gasteiger partial charge < -0.3 is 5.32 Å². The lowest BCUT2D eigenvalue weighted by Crippen LogP contribution is -2.09. The zero-order chi connectivity index (χ0) is 8.43. The van der Waals surface area contributed by atoms with Crippen LogP contribution in [0.25, 0.3) is 0 Å². The van der Waals surface area contributed by atoms with Crippen molar-refractivity contribution >= 4 is 21.1 Å². The highest BCUT2D eigenvalue weighted by atomic mass is 28.1. The summed E-state index contributed by atoms with van der Waals surface area (Å²) in [5.74, 6) is 0. The van der Waals surface area contributed by atoms with Crippen molar-refractivity contribution in [2.75, 3.05) is 12.4 Å². The van der Waals surface area contributed by atoms with Gasteiger partial charge in [0.1, 0.15) is 0 Å². The fourth-order valence-corrected chi connectivity index (χ4v) is 1.36. The van der Waals surface area contributed by atoms with Crippen LogP contribution in [0.3, 0.4) is 0 Å². The molecule has 0 unspecified atom stereocenters. The molecule has 0 heterocycles. The highest BCUT2D eigenvalue weighted by Gasteiger charge is 2.00. The number of benzene rings is 1. The number of nitrogens with one attached hydrogen (secondary N) is 1. The molecule has 0 saturated carbocycles. The molecule has 2 heteroatoms. The Morgan fingerprint density at radius 1 is 1.18 bits per heavy atom. The zero-order valence-corrected chi connectivity index (χ0v) is 8.15. The first-order valence-corrected chi connectivity index (χ1v) is 4.16. The van der Waals surface area contributed by atoms with E-state index >= 15 is 0 Å². The number of anilines is 1.